The summed E-state index contributed by atoms with van der Waals surface area (Å²) in [7, 11) is 0. The minimum atomic E-state index is -0.598. The summed E-state index contributed by atoms with van der Waals surface area (Å²) in [6.07, 6.45) is 5.42. The van der Waals surface area contributed by atoms with Crippen molar-refractivity contribution < 1.29 is 8.78 Å². The quantitative estimate of drug-likeness (QED) is 0.283. The number of nitrogens with one attached hydrogen (secondary N) is 2. The first-order valence-corrected chi connectivity index (χ1v) is 10.8. The lowest BCUT2D eigenvalue weighted by molar-refractivity contribution is 0.566. The molecule has 0 fully saturated rings. The molecule has 0 saturated carbocycles. The molecule has 30 heavy (non-hydrogen) atoms. The molecule has 7 heteroatoms. The van der Waals surface area contributed by atoms with Gasteiger partial charge in [-0.1, -0.05) is 6.07 Å². The van der Waals surface area contributed by atoms with E-state index < -0.39 is 11.6 Å². The fraction of sp³-hybridized carbons (Fsp3) is 0. The molecule has 0 bridgehead atoms. The molecule has 3 heterocycles. The van der Waals surface area contributed by atoms with E-state index >= 15 is 0 Å². The van der Waals surface area contributed by atoms with Crippen LogP contribution in [0.25, 0.3) is 31.8 Å². The second-order valence-corrected chi connectivity index (χ2v) is 8.62. The van der Waals surface area contributed by atoms with Gasteiger partial charge in [0.2, 0.25) is 0 Å². The maximum Gasteiger partial charge on any atom is 0.141 e. The minimum Gasteiger partial charge on any atom is -0.361 e. The van der Waals surface area contributed by atoms with Crippen LogP contribution < -0.4 is 4.72 Å². The molecule has 5 rings (SSSR count). The highest BCUT2D eigenvalue weighted by atomic mass is 32.2. The third-order valence-corrected chi connectivity index (χ3v) is 6.71. The number of aromatic amines is 1. The molecule has 0 radical (unpaired) electrons. The van der Waals surface area contributed by atoms with Crippen molar-refractivity contribution in [2.24, 2.45) is 0 Å². The number of H-pyrrole nitrogens is 1. The molecule has 5 aromatic rings. The Morgan fingerprint density at radius 2 is 1.73 bits per heavy atom. The average molecular weight is 436 g/mol. The van der Waals surface area contributed by atoms with E-state index in [1.807, 2.05) is 12.3 Å². The van der Waals surface area contributed by atoms with E-state index in [9.17, 15) is 8.78 Å². The van der Waals surface area contributed by atoms with Crippen LogP contribution in [0.15, 0.2) is 84.1 Å². The van der Waals surface area contributed by atoms with Gasteiger partial charge in [-0.3, -0.25) is 4.98 Å². The molecule has 0 saturated heterocycles. The molecule has 0 aliphatic heterocycles. The zero-order valence-electron chi connectivity index (χ0n) is 15.5. The van der Waals surface area contributed by atoms with E-state index in [4.69, 9.17) is 0 Å². The van der Waals surface area contributed by atoms with Gasteiger partial charge in [0.15, 0.2) is 0 Å². The smallest absolute Gasteiger partial charge is 0.141 e. The Morgan fingerprint density at radius 1 is 0.867 bits per heavy atom. The van der Waals surface area contributed by atoms with E-state index in [-0.39, 0.29) is 0 Å². The van der Waals surface area contributed by atoms with Gasteiger partial charge in [0, 0.05) is 39.3 Å². The topological polar surface area (TPSA) is 40.7 Å². The fourth-order valence-corrected chi connectivity index (χ4v) is 4.77. The van der Waals surface area contributed by atoms with Crippen LogP contribution in [0, 0.1) is 11.6 Å². The third-order valence-electron chi connectivity index (χ3n) is 4.64. The maximum absolute atomic E-state index is 13.8. The number of hydrogen-bond acceptors (Lipinski definition) is 4. The van der Waals surface area contributed by atoms with Crippen LogP contribution in [0.5, 0.6) is 0 Å². The molecule has 148 valence electrons. The molecule has 0 unspecified atom stereocenters. The molecule has 2 aromatic carbocycles. The Kier molecular flexibility index (Phi) is 4.98. The van der Waals surface area contributed by atoms with Gasteiger partial charge in [-0.25, -0.2) is 8.78 Å². The Bertz CT molecular complexity index is 1340. The Balaban J connectivity index is 1.36. The van der Waals surface area contributed by atoms with Crippen LogP contribution in [-0.4, -0.2) is 9.97 Å². The summed E-state index contributed by atoms with van der Waals surface area (Å²) in [6, 6.07) is 18.1. The van der Waals surface area contributed by atoms with Crippen LogP contribution in [-0.2, 0) is 0 Å². The van der Waals surface area contributed by atoms with Gasteiger partial charge >= 0.3 is 0 Å². The summed E-state index contributed by atoms with van der Waals surface area (Å²) < 4.78 is 30.0. The third kappa shape index (κ3) is 3.81. The Hall–Kier alpha value is -3.16. The van der Waals surface area contributed by atoms with Gasteiger partial charge in [-0.2, -0.15) is 0 Å². The number of hydrogen-bond donors (Lipinski definition) is 2. The van der Waals surface area contributed by atoms with E-state index in [1.54, 1.807) is 23.7 Å². The molecule has 0 aliphatic carbocycles. The van der Waals surface area contributed by atoms with Gasteiger partial charge in [-0.15, -0.1) is 11.3 Å². The number of fused-ring (bicyclic) bond motifs is 1. The highest BCUT2D eigenvalue weighted by Gasteiger charge is 2.09. The van der Waals surface area contributed by atoms with E-state index in [2.05, 4.69) is 51.1 Å². The highest BCUT2D eigenvalue weighted by molar-refractivity contribution is 8.00. The SMILES string of the molecule is Fc1ccc(SNc2cncc(-c3ccc(-c4ccc5[nH]ccc5c4)s3)c2)c(F)c1. The first-order chi connectivity index (χ1) is 14.7. The summed E-state index contributed by atoms with van der Waals surface area (Å²) in [6.45, 7) is 0. The predicted molar refractivity (Wildman–Crippen MR) is 121 cm³/mol. The largest absolute Gasteiger partial charge is 0.361 e. The molecule has 3 nitrogen and oxygen atoms in total. The van der Waals surface area contributed by atoms with Gasteiger partial charge in [0.1, 0.15) is 11.6 Å². The van der Waals surface area contributed by atoms with Crippen molar-refractivity contribution in [3.8, 4) is 20.9 Å². The van der Waals surface area contributed by atoms with Crippen LogP contribution >= 0.6 is 23.3 Å². The number of rotatable bonds is 5. The van der Waals surface area contributed by atoms with Gasteiger partial charge in [0.25, 0.3) is 0 Å². The molecule has 0 aliphatic rings. The summed E-state index contributed by atoms with van der Waals surface area (Å²) in [5.74, 6) is -1.19. The van der Waals surface area contributed by atoms with Crippen LogP contribution in [0.2, 0.25) is 0 Å². The van der Waals surface area contributed by atoms with Crippen LogP contribution in [0.1, 0.15) is 0 Å². The van der Waals surface area contributed by atoms with E-state index in [0.29, 0.717) is 4.90 Å². The van der Waals surface area contributed by atoms with Crippen molar-refractivity contribution >= 4 is 39.9 Å². The number of aromatic nitrogens is 2. The zero-order chi connectivity index (χ0) is 20.5. The Labute approximate surface area is 179 Å². The highest BCUT2D eigenvalue weighted by Crippen LogP contribution is 2.36. The maximum atomic E-state index is 13.8. The molecule has 3 aromatic heterocycles. The van der Waals surface area contributed by atoms with E-state index in [0.717, 1.165) is 39.7 Å². The first kappa shape index (κ1) is 18.8. The monoisotopic (exact) mass is 435 g/mol. The van der Waals surface area contributed by atoms with Crippen molar-refractivity contribution in [3.63, 3.8) is 0 Å². The molecular formula is C23H15F2N3S2. The predicted octanol–water partition coefficient (Wildman–Crippen LogP) is 7.36. The average Bonchev–Trinajstić information content (AvgIpc) is 3.42. The van der Waals surface area contributed by atoms with Crippen molar-refractivity contribution in [1.29, 1.82) is 0 Å². The summed E-state index contributed by atoms with van der Waals surface area (Å²) in [4.78, 5) is 10.1. The molecular weight excluding hydrogens is 420 g/mol. The lowest BCUT2D eigenvalue weighted by Gasteiger charge is -2.07. The standard InChI is InChI=1S/C23H15F2N3S2/c24-17-2-4-23(19(25)11-17)30-28-18-10-16(12-26-13-18)22-6-5-21(29-22)15-1-3-20-14(9-15)7-8-27-20/h1-13,27-28H. The van der Waals surface area contributed by atoms with Gasteiger partial charge in [0.05, 0.1) is 16.8 Å². The molecule has 0 spiro atoms. The van der Waals surface area contributed by atoms with Crippen molar-refractivity contribution in [3.05, 3.63) is 90.9 Å². The van der Waals surface area contributed by atoms with Crippen molar-refractivity contribution in [2.45, 2.75) is 4.90 Å². The number of nitrogens with zero attached hydrogens (tertiary/aromatic N) is 1. The number of thiophene rings is 1. The first-order valence-electron chi connectivity index (χ1n) is 9.16. The van der Waals surface area contributed by atoms with Crippen molar-refractivity contribution in [1.82, 2.24) is 9.97 Å². The van der Waals surface area contributed by atoms with Crippen LogP contribution in [0.3, 0.4) is 0 Å². The summed E-state index contributed by atoms with van der Waals surface area (Å²) in [5, 5.41) is 1.18. The lowest BCUT2D eigenvalue weighted by Crippen LogP contribution is -1.91. The normalized spacial score (nSPS) is 11.1. The van der Waals surface area contributed by atoms with E-state index in [1.165, 1.54) is 28.0 Å². The number of benzene rings is 2. The van der Waals surface area contributed by atoms with Gasteiger partial charge in [-0.05, 0) is 71.4 Å². The number of pyridine rings is 1. The minimum absolute atomic E-state index is 0.320. The summed E-state index contributed by atoms with van der Waals surface area (Å²) in [5.41, 5.74) is 4.00. The van der Waals surface area contributed by atoms with Crippen molar-refractivity contribution in [2.75, 3.05) is 4.72 Å². The van der Waals surface area contributed by atoms with Crippen LogP contribution in [0.4, 0.5) is 14.5 Å². The van der Waals surface area contributed by atoms with Gasteiger partial charge < -0.3 is 9.71 Å². The molecule has 0 amide bonds. The fourth-order valence-electron chi connectivity index (χ4n) is 3.16. The summed E-state index contributed by atoms with van der Waals surface area (Å²) >= 11 is 2.78. The zero-order valence-corrected chi connectivity index (χ0v) is 17.2. The molecule has 2 N–H and O–H groups in total. The second-order valence-electron chi connectivity index (χ2n) is 6.68. The molecule has 0 atom stereocenters. The lowest BCUT2D eigenvalue weighted by atomic mass is 10.1. The second kappa shape index (κ2) is 7.93. The number of halogens is 2. The number of anilines is 1. The Morgan fingerprint density at radius 3 is 2.60 bits per heavy atom.